The van der Waals surface area contributed by atoms with Gasteiger partial charge in [0.1, 0.15) is 11.2 Å². The molecular weight excluding hydrogens is 669 g/mol. The molecule has 2 heterocycles. The molecule has 9 aromatic carbocycles. The van der Waals surface area contributed by atoms with Gasteiger partial charge in [-0.3, -0.25) is 0 Å². The van der Waals surface area contributed by atoms with Gasteiger partial charge in [-0.25, -0.2) is 0 Å². The Hall–Kier alpha value is -7.36. The largest absolute Gasteiger partial charge is 0.456 e. The molecule has 55 heavy (non-hydrogen) atoms. The van der Waals surface area contributed by atoms with Crippen LogP contribution in [0.5, 0.6) is 0 Å². The van der Waals surface area contributed by atoms with Crippen molar-refractivity contribution in [3.05, 3.63) is 206 Å². The lowest BCUT2D eigenvalue weighted by molar-refractivity contribution is 0.669. The van der Waals surface area contributed by atoms with Crippen molar-refractivity contribution in [2.45, 2.75) is 0 Å². The zero-order valence-electron chi connectivity index (χ0n) is 29.9. The zero-order valence-corrected chi connectivity index (χ0v) is 29.9. The van der Waals surface area contributed by atoms with Crippen LogP contribution in [-0.4, -0.2) is 4.57 Å². The van der Waals surface area contributed by atoms with Gasteiger partial charge in [0.25, 0.3) is 0 Å². The fraction of sp³-hybridized carbons (Fsp3) is 0. The summed E-state index contributed by atoms with van der Waals surface area (Å²) in [5, 5.41) is 7.22. The van der Waals surface area contributed by atoms with Crippen LogP contribution in [0.15, 0.2) is 211 Å². The Bertz CT molecular complexity index is 3190. The first kappa shape index (κ1) is 31.2. The van der Waals surface area contributed by atoms with Crippen molar-refractivity contribution >= 4 is 71.6 Å². The van der Waals surface area contributed by atoms with Gasteiger partial charge in [0.05, 0.1) is 16.7 Å². The van der Waals surface area contributed by atoms with Crippen LogP contribution in [0.25, 0.3) is 82.5 Å². The maximum atomic E-state index is 6.39. The highest BCUT2D eigenvalue weighted by Gasteiger charge is 2.19. The summed E-state index contributed by atoms with van der Waals surface area (Å²) >= 11 is 0. The molecule has 3 nitrogen and oxygen atoms in total. The highest BCUT2D eigenvalue weighted by Crippen LogP contribution is 2.43. The predicted molar refractivity (Wildman–Crippen MR) is 231 cm³/mol. The minimum atomic E-state index is 0.870. The van der Waals surface area contributed by atoms with E-state index in [9.17, 15) is 0 Å². The lowest BCUT2D eigenvalue weighted by atomic mass is 9.99. The van der Waals surface area contributed by atoms with E-state index in [1.165, 1.54) is 49.3 Å². The van der Waals surface area contributed by atoms with Gasteiger partial charge in [-0.1, -0.05) is 127 Å². The van der Waals surface area contributed by atoms with E-state index in [4.69, 9.17) is 4.42 Å². The van der Waals surface area contributed by atoms with E-state index in [-0.39, 0.29) is 0 Å². The molecule has 0 spiro atoms. The fourth-order valence-electron chi connectivity index (χ4n) is 8.36. The summed E-state index contributed by atoms with van der Waals surface area (Å²) in [6.07, 6.45) is 0. The molecule has 0 bridgehead atoms. The van der Waals surface area contributed by atoms with Gasteiger partial charge in [-0.05, 0) is 100 Å². The molecular formula is C52H34N2O. The molecule has 2 aromatic heterocycles. The van der Waals surface area contributed by atoms with Gasteiger partial charge < -0.3 is 13.9 Å². The van der Waals surface area contributed by atoms with Crippen LogP contribution >= 0.6 is 0 Å². The standard InChI is InChI=1S/C52H34N2O/c1-3-13-36(14-4-1)43-17-7-10-20-48(43)53(42-29-30-46-45-19-9-12-22-51(45)55-52(46)34-42)41-27-25-35(26-28-41)37-23-24-38-32-47-44-18-8-11-21-49(44)54(40-15-5-2-6-16-40)50(47)33-39(38)31-37/h1-34H. The molecule has 0 amide bonds. The number of aromatic nitrogens is 1. The van der Waals surface area contributed by atoms with Gasteiger partial charge in [-0.2, -0.15) is 0 Å². The monoisotopic (exact) mass is 702 g/mol. The van der Waals surface area contributed by atoms with Crippen LogP contribution in [0.3, 0.4) is 0 Å². The van der Waals surface area contributed by atoms with E-state index in [2.05, 4.69) is 204 Å². The Morgan fingerprint density at radius 1 is 0.364 bits per heavy atom. The number of nitrogens with zero attached hydrogens (tertiary/aromatic N) is 2. The Labute approximate surface area is 318 Å². The van der Waals surface area contributed by atoms with E-state index < -0.39 is 0 Å². The van der Waals surface area contributed by atoms with Crippen LogP contribution in [0, 0.1) is 0 Å². The predicted octanol–water partition coefficient (Wildman–Crippen LogP) is 14.6. The van der Waals surface area contributed by atoms with Crippen LogP contribution in [0.1, 0.15) is 0 Å². The summed E-state index contributed by atoms with van der Waals surface area (Å²) in [6, 6.07) is 73.9. The van der Waals surface area contributed by atoms with Gasteiger partial charge in [-0.15, -0.1) is 0 Å². The van der Waals surface area contributed by atoms with Crippen molar-refractivity contribution in [2.24, 2.45) is 0 Å². The molecule has 0 aliphatic heterocycles. The number of hydrogen-bond acceptors (Lipinski definition) is 2. The third-order valence-corrected chi connectivity index (χ3v) is 11.0. The maximum absolute atomic E-state index is 6.39. The second-order valence-corrected chi connectivity index (χ2v) is 14.2. The Balaban J connectivity index is 1.04. The van der Waals surface area contributed by atoms with Gasteiger partial charge in [0.15, 0.2) is 0 Å². The summed E-state index contributed by atoms with van der Waals surface area (Å²) in [4.78, 5) is 2.35. The molecule has 3 heteroatoms. The molecule has 0 unspecified atom stereocenters. The lowest BCUT2D eigenvalue weighted by Gasteiger charge is -2.28. The number of para-hydroxylation sites is 4. The lowest BCUT2D eigenvalue weighted by Crippen LogP contribution is -2.11. The molecule has 0 aliphatic rings. The van der Waals surface area contributed by atoms with E-state index in [0.29, 0.717) is 0 Å². The highest BCUT2D eigenvalue weighted by molar-refractivity contribution is 6.14. The van der Waals surface area contributed by atoms with Crippen molar-refractivity contribution < 1.29 is 4.42 Å². The summed E-state index contributed by atoms with van der Waals surface area (Å²) in [7, 11) is 0. The molecule has 0 atom stereocenters. The van der Waals surface area contributed by atoms with Crippen LogP contribution in [0.4, 0.5) is 17.1 Å². The Morgan fingerprint density at radius 3 is 1.89 bits per heavy atom. The first-order chi connectivity index (χ1) is 27.3. The molecule has 0 N–H and O–H groups in total. The van der Waals surface area contributed by atoms with E-state index >= 15 is 0 Å². The SMILES string of the molecule is c1ccc(-c2ccccc2N(c2ccc(-c3ccc4cc5c6ccccc6n(-c6ccccc6)c5cc4c3)cc2)c2ccc3c(c2)oc2ccccc23)cc1. The summed E-state index contributed by atoms with van der Waals surface area (Å²) in [5.41, 5.74) is 13.2. The van der Waals surface area contributed by atoms with Crippen molar-refractivity contribution in [3.8, 4) is 27.9 Å². The molecule has 0 saturated carbocycles. The van der Waals surface area contributed by atoms with Crippen molar-refractivity contribution in [1.82, 2.24) is 4.57 Å². The third-order valence-electron chi connectivity index (χ3n) is 11.0. The minimum Gasteiger partial charge on any atom is -0.456 e. The highest BCUT2D eigenvalue weighted by atomic mass is 16.3. The van der Waals surface area contributed by atoms with E-state index in [1.807, 2.05) is 12.1 Å². The molecule has 0 fully saturated rings. The maximum Gasteiger partial charge on any atom is 0.137 e. The zero-order chi connectivity index (χ0) is 36.3. The van der Waals surface area contributed by atoms with E-state index in [0.717, 1.165) is 50.3 Å². The van der Waals surface area contributed by atoms with E-state index in [1.54, 1.807) is 0 Å². The fourth-order valence-corrected chi connectivity index (χ4v) is 8.36. The quantitative estimate of drug-likeness (QED) is 0.172. The normalized spacial score (nSPS) is 11.6. The number of fused-ring (bicyclic) bond motifs is 7. The first-order valence-electron chi connectivity index (χ1n) is 18.8. The first-order valence-corrected chi connectivity index (χ1v) is 18.8. The molecule has 258 valence electrons. The van der Waals surface area contributed by atoms with Crippen molar-refractivity contribution in [1.29, 1.82) is 0 Å². The molecule has 0 radical (unpaired) electrons. The second-order valence-electron chi connectivity index (χ2n) is 14.2. The molecule has 11 rings (SSSR count). The van der Waals surface area contributed by atoms with Crippen LogP contribution in [-0.2, 0) is 0 Å². The molecule has 0 aliphatic carbocycles. The number of rotatable bonds is 6. The van der Waals surface area contributed by atoms with Gasteiger partial charge >= 0.3 is 0 Å². The summed E-state index contributed by atoms with van der Waals surface area (Å²) in [6.45, 7) is 0. The third kappa shape index (κ3) is 5.20. The Kier molecular flexibility index (Phi) is 7.17. The average Bonchev–Trinajstić information content (AvgIpc) is 3.78. The van der Waals surface area contributed by atoms with Crippen LogP contribution < -0.4 is 4.90 Å². The molecule has 0 saturated heterocycles. The van der Waals surface area contributed by atoms with Gasteiger partial charge in [0.2, 0.25) is 0 Å². The topological polar surface area (TPSA) is 21.3 Å². The van der Waals surface area contributed by atoms with Crippen molar-refractivity contribution in [2.75, 3.05) is 4.90 Å². The number of anilines is 3. The Morgan fingerprint density at radius 2 is 1.04 bits per heavy atom. The number of furan rings is 1. The van der Waals surface area contributed by atoms with Crippen molar-refractivity contribution in [3.63, 3.8) is 0 Å². The second kappa shape index (κ2) is 12.6. The van der Waals surface area contributed by atoms with Crippen LogP contribution in [0.2, 0.25) is 0 Å². The molecule has 11 aromatic rings. The summed E-state index contributed by atoms with van der Waals surface area (Å²) < 4.78 is 8.78. The van der Waals surface area contributed by atoms with Gasteiger partial charge in [0, 0.05) is 50.2 Å². The average molecular weight is 703 g/mol. The smallest absolute Gasteiger partial charge is 0.137 e. The number of hydrogen-bond donors (Lipinski definition) is 0. The number of benzene rings is 9. The summed E-state index contributed by atoms with van der Waals surface area (Å²) in [5.74, 6) is 0. The minimum absolute atomic E-state index is 0.870.